The molecule has 0 aromatic heterocycles. The van der Waals surface area contributed by atoms with Gasteiger partial charge in [-0.2, -0.15) is 0 Å². The molecule has 1 fully saturated rings. The minimum Gasteiger partial charge on any atom is -0.454 e. The van der Waals surface area contributed by atoms with E-state index < -0.39 is 30.4 Å². The maximum absolute atomic E-state index is 12.8. The van der Waals surface area contributed by atoms with Crippen molar-refractivity contribution in [1.82, 2.24) is 10.2 Å². The molecule has 1 saturated carbocycles. The van der Waals surface area contributed by atoms with E-state index in [0.29, 0.717) is 5.92 Å². The molecule has 1 aliphatic heterocycles. The number of hydrogen-bond acceptors (Lipinski definition) is 5. The molecule has 1 aromatic carbocycles. The number of nitrogens with one attached hydrogen (secondary N) is 1. The Morgan fingerprint density at radius 3 is 2.27 bits per heavy atom. The van der Waals surface area contributed by atoms with Crippen LogP contribution in [0.5, 0.6) is 0 Å². The zero-order valence-corrected chi connectivity index (χ0v) is 17.8. The van der Waals surface area contributed by atoms with Crippen molar-refractivity contribution in [1.29, 1.82) is 0 Å². The first-order chi connectivity index (χ1) is 14.3. The molecule has 0 unspecified atom stereocenters. The number of amides is 3. The van der Waals surface area contributed by atoms with Crippen LogP contribution in [0.4, 0.5) is 0 Å². The van der Waals surface area contributed by atoms with E-state index in [0.717, 1.165) is 24.2 Å². The van der Waals surface area contributed by atoms with Crippen molar-refractivity contribution in [3.05, 3.63) is 35.4 Å². The standard InChI is InChI=1S/C23H30N2O5/c1-14(2)12-19(25-21(27)16-9-5-6-10-17(16)22(25)28)23(29)30-13-20(26)24-18-11-7-4-8-15(18)3/h5-6,9-10,14-15,18-19H,4,7-8,11-13H2,1-3H3,(H,24,26)/t15-,18-,19+/m0/s1. The van der Waals surface area contributed by atoms with E-state index in [1.807, 2.05) is 13.8 Å². The fourth-order valence-corrected chi connectivity index (χ4v) is 4.26. The maximum Gasteiger partial charge on any atom is 0.329 e. The molecule has 162 valence electrons. The second kappa shape index (κ2) is 9.41. The van der Waals surface area contributed by atoms with E-state index in [2.05, 4.69) is 12.2 Å². The normalized spacial score (nSPS) is 22.1. The van der Waals surface area contributed by atoms with Crippen LogP contribution in [0.15, 0.2) is 24.3 Å². The summed E-state index contributed by atoms with van der Waals surface area (Å²) in [7, 11) is 0. The Labute approximate surface area is 177 Å². The Kier molecular flexibility index (Phi) is 6.90. The first-order valence-electron chi connectivity index (χ1n) is 10.7. The highest BCUT2D eigenvalue weighted by molar-refractivity contribution is 6.22. The topological polar surface area (TPSA) is 92.8 Å². The number of nitrogens with zero attached hydrogens (tertiary/aromatic N) is 1. The molecular weight excluding hydrogens is 384 g/mol. The molecule has 1 N–H and O–H groups in total. The average molecular weight is 415 g/mol. The molecule has 2 aliphatic rings. The first-order valence-corrected chi connectivity index (χ1v) is 10.7. The van der Waals surface area contributed by atoms with Gasteiger partial charge >= 0.3 is 5.97 Å². The molecule has 3 atom stereocenters. The van der Waals surface area contributed by atoms with E-state index in [1.165, 1.54) is 6.42 Å². The van der Waals surface area contributed by atoms with Gasteiger partial charge in [0.2, 0.25) is 0 Å². The summed E-state index contributed by atoms with van der Waals surface area (Å²) in [5.41, 5.74) is 0.571. The second-order valence-corrected chi connectivity index (χ2v) is 8.71. The number of esters is 1. The van der Waals surface area contributed by atoms with Crippen LogP contribution in [0.2, 0.25) is 0 Å². The van der Waals surface area contributed by atoms with Gasteiger partial charge in [-0.3, -0.25) is 19.3 Å². The predicted molar refractivity (Wildman–Crippen MR) is 111 cm³/mol. The van der Waals surface area contributed by atoms with Crippen LogP contribution in [0.1, 0.15) is 73.6 Å². The van der Waals surface area contributed by atoms with Gasteiger partial charge in [-0.05, 0) is 43.2 Å². The third-order valence-electron chi connectivity index (χ3n) is 5.91. The van der Waals surface area contributed by atoms with Gasteiger partial charge in [-0.1, -0.05) is 45.7 Å². The molecule has 0 saturated heterocycles. The first kappa shape index (κ1) is 22.0. The fraction of sp³-hybridized carbons (Fsp3) is 0.565. The van der Waals surface area contributed by atoms with Crippen molar-refractivity contribution in [2.24, 2.45) is 11.8 Å². The molecule has 1 heterocycles. The summed E-state index contributed by atoms with van der Waals surface area (Å²) >= 11 is 0. The highest BCUT2D eigenvalue weighted by Crippen LogP contribution is 2.27. The number of benzene rings is 1. The van der Waals surface area contributed by atoms with Crippen LogP contribution < -0.4 is 5.32 Å². The molecule has 7 heteroatoms. The van der Waals surface area contributed by atoms with Crippen LogP contribution in [-0.4, -0.2) is 47.3 Å². The molecule has 7 nitrogen and oxygen atoms in total. The van der Waals surface area contributed by atoms with Crippen LogP contribution >= 0.6 is 0 Å². The predicted octanol–water partition coefficient (Wildman–Crippen LogP) is 2.94. The summed E-state index contributed by atoms with van der Waals surface area (Å²) in [6.45, 7) is 5.49. The Morgan fingerprint density at radius 2 is 1.70 bits per heavy atom. The molecule has 30 heavy (non-hydrogen) atoms. The minimum absolute atomic E-state index is 0.0452. The molecule has 0 spiro atoms. The third kappa shape index (κ3) is 4.71. The Balaban J connectivity index is 1.65. The lowest BCUT2D eigenvalue weighted by molar-refractivity contribution is -0.153. The van der Waals surface area contributed by atoms with Gasteiger partial charge in [0.15, 0.2) is 6.61 Å². The van der Waals surface area contributed by atoms with Crippen LogP contribution in [0, 0.1) is 11.8 Å². The van der Waals surface area contributed by atoms with Gasteiger partial charge in [0, 0.05) is 6.04 Å². The summed E-state index contributed by atoms with van der Waals surface area (Å²) in [6.07, 6.45) is 4.50. The van der Waals surface area contributed by atoms with Gasteiger partial charge < -0.3 is 10.1 Å². The van der Waals surface area contributed by atoms with Crippen molar-refractivity contribution < 1.29 is 23.9 Å². The van der Waals surface area contributed by atoms with E-state index in [1.54, 1.807) is 24.3 Å². The largest absolute Gasteiger partial charge is 0.454 e. The highest BCUT2D eigenvalue weighted by Gasteiger charge is 2.43. The fourth-order valence-electron chi connectivity index (χ4n) is 4.26. The zero-order valence-electron chi connectivity index (χ0n) is 17.8. The summed E-state index contributed by atoms with van der Waals surface area (Å²) in [4.78, 5) is 51.7. The molecule has 1 aliphatic carbocycles. The zero-order chi connectivity index (χ0) is 21.8. The number of fused-ring (bicyclic) bond motifs is 1. The monoisotopic (exact) mass is 414 g/mol. The highest BCUT2D eigenvalue weighted by atomic mass is 16.5. The lowest BCUT2D eigenvalue weighted by Crippen LogP contribution is -2.48. The van der Waals surface area contributed by atoms with Gasteiger partial charge in [0.1, 0.15) is 6.04 Å². The quantitative estimate of drug-likeness (QED) is 0.547. The SMILES string of the molecule is CC(C)C[C@H](C(=O)OCC(=O)N[C@H]1CCCC[C@@H]1C)N1C(=O)c2ccccc2C1=O. The van der Waals surface area contributed by atoms with Gasteiger partial charge in [-0.25, -0.2) is 4.79 Å². The molecule has 0 radical (unpaired) electrons. The van der Waals surface area contributed by atoms with Crippen LogP contribution in [-0.2, 0) is 14.3 Å². The Bertz CT molecular complexity index is 800. The van der Waals surface area contributed by atoms with Gasteiger partial charge in [-0.15, -0.1) is 0 Å². The molecule has 3 rings (SSSR count). The van der Waals surface area contributed by atoms with E-state index >= 15 is 0 Å². The maximum atomic E-state index is 12.8. The number of ether oxygens (including phenoxy) is 1. The van der Waals surface area contributed by atoms with Crippen LogP contribution in [0.3, 0.4) is 0 Å². The summed E-state index contributed by atoms with van der Waals surface area (Å²) in [6, 6.07) is 5.55. The molecule has 1 aromatic rings. The van der Waals surface area contributed by atoms with Crippen molar-refractivity contribution in [3.63, 3.8) is 0 Å². The number of carbonyl (C=O) groups is 4. The Morgan fingerprint density at radius 1 is 1.10 bits per heavy atom. The van der Waals surface area contributed by atoms with Crippen molar-refractivity contribution >= 4 is 23.7 Å². The van der Waals surface area contributed by atoms with Crippen molar-refractivity contribution in [2.75, 3.05) is 6.61 Å². The summed E-state index contributed by atoms with van der Waals surface area (Å²) < 4.78 is 5.25. The van der Waals surface area contributed by atoms with Crippen LogP contribution in [0.25, 0.3) is 0 Å². The number of imide groups is 1. The summed E-state index contributed by atoms with van der Waals surface area (Å²) in [5.74, 6) is -1.65. The van der Waals surface area contributed by atoms with Gasteiger partial charge in [0.05, 0.1) is 11.1 Å². The number of hydrogen-bond donors (Lipinski definition) is 1. The smallest absolute Gasteiger partial charge is 0.329 e. The lowest BCUT2D eigenvalue weighted by atomic mass is 9.86. The van der Waals surface area contributed by atoms with E-state index in [9.17, 15) is 19.2 Å². The average Bonchev–Trinajstić information content (AvgIpc) is 2.97. The number of carbonyl (C=O) groups excluding carboxylic acids is 4. The van der Waals surface area contributed by atoms with Crippen molar-refractivity contribution in [2.45, 2.75) is 65.0 Å². The molecule has 3 amide bonds. The minimum atomic E-state index is -1.06. The second-order valence-electron chi connectivity index (χ2n) is 8.71. The van der Waals surface area contributed by atoms with Gasteiger partial charge in [0.25, 0.3) is 17.7 Å². The van der Waals surface area contributed by atoms with E-state index in [-0.39, 0.29) is 35.4 Å². The Hall–Kier alpha value is -2.70. The van der Waals surface area contributed by atoms with Crippen molar-refractivity contribution in [3.8, 4) is 0 Å². The number of rotatable bonds is 7. The summed E-state index contributed by atoms with van der Waals surface area (Å²) in [5, 5.41) is 2.94. The van der Waals surface area contributed by atoms with E-state index in [4.69, 9.17) is 4.74 Å². The molecular formula is C23H30N2O5. The third-order valence-corrected chi connectivity index (χ3v) is 5.91. The molecule has 0 bridgehead atoms. The lowest BCUT2D eigenvalue weighted by Gasteiger charge is -2.29.